The molecule has 4 aromatic rings. The summed E-state index contributed by atoms with van der Waals surface area (Å²) in [5, 5.41) is 17.3. The molecular formula is C24H26N8O3. The maximum Gasteiger partial charge on any atom is 0.276 e. The Hall–Kier alpha value is -3.83. The SMILES string of the molecule is Cn1nc(-c2nncn2-c2ccccc2)c2c1CCN(C(=O)c1cc(CN3CCOCC3)on1)C2. The quantitative estimate of drug-likeness (QED) is 0.430. The molecule has 0 bridgehead atoms. The van der Waals surface area contributed by atoms with Crippen LogP contribution in [0.2, 0.25) is 0 Å². The average Bonchev–Trinajstić information content (AvgIpc) is 3.64. The van der Waals surface area contributed by atoms with Crippen LogP contribution in [0.15, 0.2) is 47.2 Å². The van der Waals surface area contributed by atoms with Crippen molar-refractivity contribution in [2.45, 2.75) is 19.5 Å². The highest BCUT2D eigenvalue weighted by atomic mass is 16.5. The van der Waals surface area contributed by atoms with Crippen molar-refractivity contribution >= 4 is 5.91 Å². The molecule has 1 amide bonds. The van der Waals surface area contributed by atoms with Gasteiger partial charge in [0.15, 0.2) is 17.3 Å². The molecule has 1 fully saturated rings. The molecule has 0 aliphatic carbocycles. The van der Waals surface area contributed by atoms with Crippen molar-refractivity contribution in [3.63, 3.8) is 0 Å². The Bertz CT molecular complexity index is 1340. The van der Waals surface area contributed by atoms with E-state index in [1.54, 1.807) is 17.3 Å². The lowest BCUT2D eigenvalue weighted by molar-refractivity contribution is 0.0305. The van der Waals surface area contributed by atoms with Crippen molar-refractivity contribution in [1.29, 1.82) is 0 Å². The van der Waals surface area contributed by atoms with E-state index >= 15 is 0 Å². The van der Waals surface area contributed by atoms with Gasteiger partial charge in [0.05, 0.1) is 26.3 Å². The Morgan fingerprint density at radius 2 is 1.94 bits per heavy atom. The number of ether oxygens (including phenoxy) is 1. The van der Waals surface area contributed by atoms with Crippen LogP contribution in [0.3, 0.4) is 0 Å². The Labute approximate surface area is 201 Å². The van der Waals surface area contributed by atoms with E-state index in [-0.39, 0.29) is 5.91 Å². The zero-order valence-electron chi connectivity index (χ0n) is 19.5. The van der Waals surface area contributed by atoms with E-state index in [9.17, 15) is 4.79 Å². The third-order valence-corrected chi connectivity index (χ3v) is 6.58. The van der Waals surface area contributed by atoms with E-state index in [4.69, 9.17) is 14.4 Å². The fourth-order valence-corrected chi connectivity index (χ4v) is 4.75. The van der Waals surface area contributed by atoms with E-state index in [1.165, 1.54) is 0 Å². The molecule has 0 atom stereocenters. The number of hydrogen-bond donors (Lipinski definition) is 0. The fourth-order valence-electron chi connectivity index (χ4n) is 4.75. The number of aromatic nitrogens is 6. The molecule has 11 heteroatoms. The molecule has 0 spiro atoms. The summed E-state index contributed by atoms with van der Waals surface area (Å²) in [5.41, 5.74) is 4.09. The van der Waals surface area contributed by atoms with Crippen LogP contribution >= 0.6 is 0 Å². The minimum Gasteiger partial charge on any atom is -0.379 e. The minimum atomic E-state index is -0.146. The second-order valence-corrected chi connectivity index (χ2v) is 8.80. The van der Waals surface area contributed by atoms with Gasteiger partial charge in [-0.3, -0.25) is 18.9 Å². The van der Waals surface area contributed by atoms with E-state index in [1.807, 2.05) is 46.6 Å². The number of aryl methyl sites for hydroxylation is 1. The van der Waals surface area contributed by atoms with Gasteiger partial charge in [0, 0.05) is 56.1 Å². The van der Waals surface area contributed by atoms with Gasteiger partial charge in [0.2, 0.25) is 0 Å². The number of para-hydroxylation sites is 1. The van der Waals surface area contributed by atoms with E-state index in [0.717, 1.165) is 35.7 Å². The first kappa shape index (κ1) is 21.7. The summed E-state index contributed by atoms with van der Waals surface area (Å²) in [6.45, 7) is 4.73. The van der Waals surface area contributed by atoms with Gasteiger partial charge in [-0.1, -0.05) is 23.4 Å². The van der Waals surface area contributed by atoms with Crippen LogP contribution in [0.1, 0.15) is 27.5 Å². The fraction of sp³-hybridized carbons (Fsp3) is 0.375. The van der Waals surface area contributed by atoms with Gasteiger partial charge in [0.25, 0.3) is 5.91 Å². The second-order valence-electron chi connectivity index (χ2n) is 8.80. The summed E-state index contributed by atoms with van der Waals surface area (Å²) in [7, 11) is 1.93. The van der Waals surface area contributed by atoms with Crippen molar-refractivity contribution in [2.75, 3.05) is 32.8 Å². The number of benzene rings is 1. The number of hydrogen-bond acceptors (Lipinski definition) is 8. The lowest BCUT2D eigenvalue weighted by Crippen LogP contribution is -2.36. The van der Waals surface area contributed by atoms with Crippen molar-refractivity contribution in [2.24, 2.45) is 7.05 Å². The first-order valence-corrected chi connectivity index (χ1v) is 11.7. The molecule has 0 saturated carbocycles. The molecule has 0 radical (unpaired) electrons. The number of carbonyl (C=O) groups excluding carboxylic acids is 1. The topological polar surface area (TPSA) is 107 Å². The molecule has 1 aromatic carbocycles. The standard InChI is InChI=1S/C24H26N8O3/c1-29-21-7-8-31(24(33)20-13-18(35-28-20)14-30-9-11-34-12-10-30)15-19(21)22(27-29)23-26-25-16-32(23)17-5-3-2-4-6-17/h2-6,13,16H,7-12,14-15H2,1H3. The summed E-state index contributed by atoms with van der Waals surface area (Å²) in [6, 6.07) is 11.7. The lowest BCUT2D eigenvalue weighted by atomic mass is 10.0. The van der Waals surface area contributed by atoms with Crippen molar-refractivity contribution in [1.82, 2.24) is 39.5 Å². The highest BCUT2D eigenvalue weighted by Gasteiger charge is 2.31. The normalized spacial score (nSPS) is 16.4. The van der Waals surface area contributed by atoms with Crippen LogP contribution in [0.5, 0.6) is 0 Å². The molecule has 0 unspecified atom stereocenters. The van der Waals surface area contributed by atoms with Crippen LogP contribution in [-0.4, -0.2) is 78.3 Å². The summed E-state index contributed by atoms with van der Waals surface area (Å²) >= 11 is 0. The Kier molecular flexibility index (Phi) is 5.63. The van der Waals surface area contributed by atoms with Crippen LogP contribution in [-0.2, 0) is 31.3 Å². The van der Waals surface area contributed by atoms with Crippen LogP contribution in [0.4, 0.5) is 0 Å². The first-order valence-electron chi connectivity index (χ1n) is 11.7. The third kappa shape index (κ3) is 4.13. The highest BCUT2D eigenvalue weighted by molar-refractivity contribution is 5.92. The van der Waals surface area contributed by atoms with E-state index < -0.39 is 0 Å². The highest BCUT2D eigenvalue weighted by Crippen LogP contribution is 2.30. The summed E-state index contributed by atoms with van der Waals surface area (Å²) < 4.78 is 14.7. The van der Waals surface area contributed by atoms with Gasteiger partial charge in [-0.2, -0.15) is 5.10 Å². The molecule has 1 saturated heterocycles. The van der Waals surface area contributed by atoms with Crippen molar-refractivity contribution < 1.29 is 14.1 Å². The number of carbonyl (C=O) groups is 1. The largest absolute Gasteiger partial charge is 0.379 e. The monoisotopic (exact) mass is 474 g/mol. The average molecular weight is 475 g/mol. The maximum absolute atomic E-state index is 13.3. The Balaban J connectivity index is 1.24. The number of fused-ring (bicyclic) bond motifs is 1. The molecule has 3 aromatic heterocycles. The second kappa shape index (κ2) is 9.08. The molecule has 6 rings (SSSR count). The zero-order chi connectivity index (χ0) is 23.8. The van der Waals surface area contributed by atoms with Crippen molar-refractivity contribution in [3.8, 4) is 17.2 Å². The minimum absolute atomic E-state index is 0.146. The lowest BCUT2D eigenvalue weighted by Gasteiger charge is -2.27. The van der Waals surface area contributed by atoms with E-state index in [0.29, 0.717) is 56.5 Å². The Morgan fingerprint density at radius 1 is 1.11 bits per heavy atom. The third-order valence-electron chi connectivity index (χ3n) is 6.58. The number of amides is 1. The molecule has 0 N–H and O–H groups in total. The Morgan fingerprint density at radius 3 is 2.77 bits per heavy atom. The number of rotatable bonds is 5. The van der Waals surface area contributed by atoms with Gasteiger partial charge < -0.3 is 14.2 Å². The molecule has 11 nitrogen and oxygen atoms in total. The molecule has 2 aliphatic heterocycles. The maximum atomic E-state index is 13.3. The summed E-state index contributed by atoms with van der Waals surface area (Å²) in [5.74, 6) is 1.19. The zero-order valence-corrected chi connectivity index (χ0v) is 19.5. The van der Waals surface area contributed by atoms with Crippen LogP contribution in [0.25, 0.3) is 17.2 Å². The summed E-state index contributed by atoms with van der Waals surface area (Å²) in [4.78, 5) is 17.3. The first-order chi connectivity index (χ1) is 17.2. The van der Waals surface area contributed by atoms with E-state index in [2.05, 4.69) is 20.3 Å². The van der Waals surface area contributed by atoms with Crippen molar-refractivity contribution in [3.05, 3.63) is 65.4 Å². The predicted octanol–water partition coefficient (Wildman–Crippen LogP) is 1.69. The number of nitrogens with zero attached hydrogens (tertiary/aromatic N) is 8. The summed E-state index contributed by atoms with van der Waals surface area (Å²) in [6.07, 6.45) is 2.38. The van der Waals surface area contributed by atoms with Gasteiger partial charge in [0.1, 0.15) is 12.0 Å². The molecule has 5 heterocycles. The van der Waals surface area contributed by atoms with Gasteiger partial charge in [-0.05, 0) is 12.1 Å². The van der Waals surface area contributed by atoms with Gasteiger partial charge in [-0.25, -0.2) is 0 Å². The smallest absolute Gasteiger partial charge is 0.276 e. The molecule has 180 valence electrons. The number of morpholine rings is 1. The predicted molar refractivity (Wildman–Crippen MR) is 125 cm³/mol. The van der Waals surface area contributed by atoms with Gasteiger partial charge >= 0.3 is 0 Å². The van der Waals surface area contributed by atoms with Crippen LogP contribution < -0.4 is 0 Å². The van der Waals surface area contributed by atoms with Gasteiger partial charge in [-0.15, -0.1) is 10.2 Å². The molecule has 2 aliphatic rings. The molecular weight excluding hydrogens is 448 g/mol. The van der Waals surface area contributed by atoms with Crippen LogP contribution in [0, 0.1) is 0 Å². The molecule has 35 heavy (non-hydrogen) atoms.